The van der Waals surface area contributed by atoms with Gasteiger partial charge in [0.05, 0.1) is 5.69 Å². The van der Waals surface area contributed by atoms with Gasteiger partial charge in [-0.3, -0.25) is 10.1 Å². The Kier molecular flexibility index (Phi) is 2.83. The molecule has 0 radical (unpaired) electrons. The van der Waals surface area contributed by atoms with E-state index in [1.165, 1.54) is 12.1 Å². The number of carbonyl (C=O) groups excluding carboxylic acids is 2. The molecule has 3 amide bonds. The molecule has 0 atom stereocenters. The summed E-state index contributed by atoms with van der Waals surface area (Å²) in [6, 6.07) is 9.20. The van der Waals surface area contributed by atoms with Crippen molar-refractivity contribution in [1.29, 1.82) is 0 Å². The second-order valence-electron chi connectivity index (χ2n) is 4.22. The van der Waals surface area contributed by atoms with Gasteiger partial charge in [-0.1, -0.05) is 12.1 Å². The van der Waals surface area contributed by atoms with Crippen molar-refractivity contribution < 1.29 is 14.0 Å². The molecule has 20 heavy (non-hydrogen) atoms. The maximum Gasteiger partial charge on any atom is 0.326 e. The minimum absolute atomic E-state index is 0.131. The van der Waals surface area contributed by atoms with Crippen molar-refractivity contribution in [2.75, 3.05) is 0 Å². The number of nitrogens with one attached hydrogen (secondary N) is 2. The number of aromatic nitrogens is 1. The molecule has 0 aliphatic carbocycles. The van der Waals surface area contributed by atoms with Crippen LogP contribution in [-0.4, -0.2) is 16.5 Å². The molecule has 100 valence electrons. The topological polar surface area (TPSA) is 63.1 Å². The summed E-state index contributed by atoms with van der Waals surface area (Å²) in [5.41, 5.74) is 1.09. The average molecular weight is 271 g/mol. The molecule has 1 saturated heterocycles. The zero-order valence-corrected chi connectivity index (χ0v) is 10.3. The van der Waals surface area contributed by atoms with Crippen molar-refractivity contribution in [3.8, 4) is 5.69 Å². The number of carbonyl (C=O) groups is 2. The Morgan fingerprint density at radius 2 is 1.85 bits per heavy atom. The van der Waals surface area contributed by atoms with Crippen LogP contribution in [0.25, 0.3) is 11.8 Å². The molecular formula is C14H10FN3O2. The van der Waals surface area contributed by atoms with Crippen LogP contribution < -0.4 is 10.6 Å². The van der Waals surface area contributed by atoms with E-state index in [-0.39, 0.29) is 11.5 Å². The molecule has 1 fully saturated rings. The molecule has 0 spiro atoms. The molecule has 1 aromatic heterocycles. The van der Waals surface area contributed by atoms with Gasteiger partial charge < -0.3 is 9.88 Å². The van der Waals surface area contributed by atoms with Crippen LogP contribution in [0.3, 0.4) is 0 Å². The molecule has 2 heterocycles. The van der Waals surface area contributed by atoms with Gasteiger partial charge in [0.1, 0.15) is 11.5 Å². The van der Waals surface area contributed by atoms with E-state index in [4.69, 9.17) is 0 Å². The smallest absolute Gasteiger partial charge is 0.314 e. The van der Waals surface area contributed by atoms with Crippen molar-refractivity contribution in [2.24, 2.45) is 0 Å². The number of urea groups is 1. The summed E-state index contributed by atoms with van der Waals surface area (Å²) in [4.78, 5) is 22.5. The Morgan fingerprint density at radius 3 is 2.55 bits per heavy atom. The molecular weight excluding hydrogens is 261 g/mol. The van der Waals surface area contributed by atoms with Gasteiger partial charge in [0.15, 0.2) is 0 Å². The van der Waals surface area contributed by atoms with Crippen molar-refractivity contribution in [3.05, 3.63) is 59.8 Å². The van der Waals surface area contributed by atoms with E-state index in [0.717, 1.165) is 0 Å². The lowest BCUT2D eigenvalue weighted by molar-refractivity contribution is -0.115. The molecule has 0 saturated carbocycles. The molecule has 1 aromatic carbocycles. The second-order valence-corrected chi connectivity index (χ2v) is 4.22. The first-order chi connectivity index (χ1) is 9.65. The number of benzene rings is 1. The van der Waals surface area contributed by atoms with Crippen LogP contribution in [0.15, 0.2) is 48.3 Å². The lowest BCUT2D eigenvalue weighted by Crippen LogP contribution is -2.22. The van der Waals surface area contributed by atoms with Crippen LogP contribution in [0.5, 0.6) is 0 Å². The van der Waals surface area contributed by atoms with Crippen molar-refractivity contribution >= 4 is 18.0 Å². The van der Waals surface area contributed by atoms with Crippen LogP contribution in [0.4, 0.5) is 9.18 Å². The normalized spacial score (nSPS) is 16.4. The number of amides is 3. The van der Waals surface area contributed by atoms with Gasteiger partial charge in [0.2, 0.25) is 0 Å². The van der Waals surface area contributed by atoms with E-state index in [2.05, 4.69) is 10.6 Å². The zero-order chi connectivity index (χ0) is 14.1. The van der Waals surface area contributed by atoms with Gasteiger partial charge in [0.25, 0.3) is 5.91 Å². The second kappa shape index (κ2) is 4.65. The van der Waals surface area contributed by atoms with E-state index < -0.39 is 11.9 Å². The predicted octanol–water partition coefficient (Wildman–Crippen LogP) is 1.80. The van der Waals surface area contributed by atoms with Gasteiger partial charge in [-0.15, -0.1) is 0 Å². The fourth-order valence-electron chi connectivity index (χ4n) is 2.01. The zero-order valence-electron chi connectivity index (χ0n) is 10.3. The Balaban J connectivity index is 2.04. The van der Waals surface area contributed by atoms with Crippen LogP contribution in [-0.2, 0) is 4.79 Å². The Hall–Kier alpha value is -2.89. The number of rotatable bonds is 2. The van der Waals surface area contributed by atoms with Crippen molar-refractivity contribution in [3.63, 3.8) is 0 Å². The van der Waals surface area contributed by atoms with Gasteiger partial charge in [-0.25, -0.2) is 9.18 Å². The highest BCUT2D eigenvalue weighted by molar-refractivity contribution is 6.13. The van der Waals surface area contributed by atoms with E-state index in [9.17, 15) is 14.0 Å². The molecule has 5 nitrogen and oxygen atoms in total. The Morgan fingerprint density at radius 1 is 1.05 bits per heavy atom. The third-order valence-corrected chi connectivity index (χ3v) is 2.90. The number of nitrogens with zero attached hydrogens (tertiary/aromatic N) is 1. The van der Waals surface area contributed by atoms with Crippen LogP contribution in [0.2, 0.25) is 0 Å². The molecule has 2 N–H and O–H groups in total. The fraction of sp³-hybridized carbons (Fsp3) is 0. The summed E-state index contributed by atoms with van der Waals surface area (Å²) in [5, 5.41) is 4.50. The highest BCUT2D eigenvalue weighted by atomic mass is 19.1. The molecule has 2 aromatic rings. The fourth-order valence-corrected chi connectivity index (χ4v) is 2.01. The number of hydrogen-bond donors (Lipinski definition) is 2. The highest BCUT2D eigenvalue weighted by Gasteiger charge is 2.23. The summed E-state index contributed by atoms with van der Waals surface area (Å²) in [5.74, 6) is -0.875. The third kappa shape index (κ3) is 2.07. The van der Waals surface area contributed by atoms with Crippen LogP contribution in [0.1, 0.15) is 5.69 Å². The number of hydrogen-bond acceptors (Lipinski definition) is 2. The van der Waals surface area contributed by atoms with E-state index in [0.29, 0.717) is 11.4 Å². The molecule has 1 aliphatic heterocycles. The SMILES string of the molecule is O=C1NC(=O)/C(=C\c2cccn2-c2ccccc2F)N1. The van der Waals surface area contributed by atoms with Gasteiger partial charge in [-0.2, -0.15) is 0 Å². The maximum absolute atomic E-state index is 13.8. The molecule has 0 bridgehead atoms. The van der Waals surface area contributed by atoms with E-state index in [1.807, 2.05) is 0 Å². The van der Waals surface area contributed by atoms with Gasteiger partial charge in [0, 0.05) is 11.9 Å². The molecule has 6 heteroatoms. The van der Waals surface area contributed by atoms with Gasteiger partial charge in [-0.05, 0) is 30.3 Å². The first-order valence-electron chi connectivity index (χ1n) is 5.91. The highest BCUT2D eigenvalue weighted by Crippen LogP contribution is 2.18. The van der Waals surface area contributed by atoms with Crippen LogP contribution in [0, 0.1) is 5.82 Å². The van der Waals surface area contributed by atoms with Crippen molar-refractivity contribution in [2.45, 2.75) is 0 Å². The third-order valence-electron chi connectivity index (χ3n) is 2.90. The monoisotopic (exact) mass is 271 g/mol. The van der Waals surface area contributed by atoms with E-state index >= 15 is 0 Å². The summed E-state index contributed by atoms with van der Waals surface area (Å²) in [7, 11) is 0. The number of imide groups is 1. The number of halogens is 1. The molecule has 0 unspecified atom stereocenters. The minimum atomic E-state index is -0.565. The van der Waals surface area contributed by atoms with Gasteiger partial charge >= 0.3 is 6.03 Å². The molecule has 1 aliphatic rings. The summed E-state index contributed by atoms with van der Waals surface area (Å²) < 4.78 is 15.4. The first-order valence-corrected chi connectivity index (χ1v) is 5.91. The largest absolute Gasteiger partial charge is 0.326 e. The van der Waals surface area contributed by atoms with E-state index in [1.54, 1.807) is 41.1 Å². The quantitative estimate of drug-likeness (QED) is 0.646. The van der Waals surface area contributed by atoms with Crippen LogP contribution >= 0.6 is 0 Å². The summed E-state index contributed by atoms with van der Waals surface area (Å²) in [6.07, 6.45) is 3.17. The first kappa shape index (κ1) is 12.2. The lowest BCUT2D eigenvalue weighted by atomic mass is 10.2. The summed E-state index contributed by atoms with van der Waals surface area (Å²) in [6.45, 7) is 0. The maximum atomic E-state index is 13.8. The summed E-state index contributed by atoms with van der Waals surface area (Å²) >= 11 is 0. The Bertz CT molecular complexity index is 734. The number of para-hydroxylation sites is 1. The van der Waals surface area contributed by atoms with Crippen molar-refractivity contribution in [1.82, 2.24) is 15.2 Å². The average Bonchev–Trinajstić information content (AvgIpc) is 2.98. The standard InChI is InChI=1S/C14H10FN3O2/c15-10-5-1-2-6-12(10)18-7-3-4-9(18)8-11-13(19)17-14(20)16-11/h1-8H,(H2,16,17,19,20)/b11-8+. The Labute approximate surface area is 113 Å². The lowest BCUT2D eigenvalue weighted by Gasteiger charge is -2.07. The predicted molar refractivity (Wildman–Crippen MR) is 70.4 cm³/mol. The molecule has 3 rings (SSSR count). The minimum Gasteiger partial charge on any atom is -0.314 e.